The average molecular weight is 355 g/mol. The molecule has 0 N–H and O–H groups in total. The molecule has 120 valence electrons. The summed E-state index contributed by atoms with van der Waals surface area (Å²) in [4.78, 5) is 19.6. The highest BCUT2D eigenvalue weighted by molar-refractivity contribution is 7.18. The van der Waals surface area contributed by atoms with E-state index in [1.165, 1.54) is 0 Å². The van der Waals surface area contributed by atoms with Crippen LogP contribution in [0.2, 0.25) is 0 Å². The molecule has 4 aromatic rings. The normalized spacial score (nSPS) is 11.0. The summed E-state index contributed by atoms with van der Waals surface area (Å²) in [6.45, 7) is 0.444. The minimum Gasteiger partial charge on any atom is -0.355 e. The van der Waals surface area contributed by atoms with Crippen LogP contribution in [0, 0.1) is 0 Å². The van der Waals surface area contributed by atoms with E-state index in [1.807, 2.05) is 41.8 Å². The molecule has 7 heteroatoms. The van der Waals surface area contributed by atoms with Crippen LogP contribution >= 0.6 is 22.7 Å². The standard InChI is InChI=1S/C17H13N3O2S2/c1-20(10-16-18-11-5-2-3-6-14(11)24-16)17(21)12-9-13(22-19-12)15-7-4-8-23-15/h2-9H,10H2,1H3. The fraction of sp³-hybridized carbons (Fsp3) is 0.118. The molecule has 0 radical (unpaired) electrons. The zero-order valence-electron chi connectivity index (χ0n) is 12.8. The Hall–Kier alpha value is -2.51. The van der Waals surface area contributed by atoms with Gasteiger partial charge in [-0.15, -0.1) is 22.7 Å². The van der Waals surface area contributed by atoms with E-state index in [0.717, 1.165) is 20.1 Å². The number of benzene rings is 1. The number of para-hydroxylation sites is 1. The first-order valence-electron chi connectivity index (χ1n) is 7.31. The number of thiazole rings is 1. The molecule has 1 amide bonds. The number of amides is 1. The molecule has 0 aliphatic rings. The van der Waals surface area contributed by atoms with E-state index in [1.54, 1.807) is 40.7 Å². The Balaban J connectivity index is 1.51. The van der Waals surface area contributed by atoms with Crippen molar-refractivity contribution in [3.05, 3.63) is 58.5 Å². The van der Waals surface area contributed by atoms with Gasteiger partial charge in [0, 0.05) is 13.1 Å². The van der Waals surface area contributed by atoms with E-state index in [2.05, 4.69) is 10.1 Å². The number of fused-ring (bicyclic) bond motifs is 1. The first kappa shape index (κ1) is 15.0. The van der Waals surface area contributed by atoms with Gasteiger partial charge < -0.3 is 9.42 Å². The zero-order chi connectivity index (χ0) is 16.5. The fourth-order valence-corrected chi connectivity index (χ4v) is 4.06. The molecule has 0 saturated carbocycles. The van der Waals surface area contributed by atoms with Gasteiger partial charge in [0.05, 0.1) is 21.6 Å². The first-order valence-corrected chi connectivity index (χ1v) is 9.01. The van der Waals surface area contributed by atoms with Crippen LogP contribution in [0.1, 0.15) is 15.5 Å². The lowest BCUT2D eigenvalue weighted by Crippen LogP contribution is -2.26. The van der Waals surface area contributed by atoms with E-state index in [4.69, 9.17) is 4.52 Å². The van der Waals surface area contributed by atoms with Crippen LogP contribution in [0.5, 0.6) is 0 Å². The molecular formula is C17H13N3O2S2. The van der Waals surface area contributed by atoms with Gasteiger partial charge in [-0.25, -0.2) is 4.98 Å². The van der Waals surface area contributed by atoms with Crippen LogP contribution < -0.4 is 0 Å². The molecule has 3 heterocycles. The maximum absolute atomic E-state index is 12.5. The minimum absolute atomic E-state index is 0.180. The van der Waals surface area contributed by atoms with Gasteiger partial charge in [-0.3, -0.25) is 4.79 Å². The predicted molar refractivity (Wildman–Crippen MR) is 95.2 cm³/mol. The summed E-state index contributed by atoms with van der Waals surface area (Å²) in [5.41, 5.74) is 1.27. The average Bonchev–Trinajstić information content (AvgIpc) is 3.32. The Bertz CT molecular complexity index is 955. The van der Waals surface area contributed by atoms with Crippen molar-refractivity contribution in [2.24, 2.45) is 0 Å². The predicted octanol–water partition coefficient (Wildman–Crippen LogP) is 4.29. The summed E-state index contributed by atoms with van der Waals surface area (Å²) in [5.74, 6) is 0.433. The van der Waals surface area contributed by atoms with Gasteiger partial charge in [0.25, 0.3) is 5.91 Å². The summed E-state index contributed by atoms with van der Waals surface area (Å²) >= 11 is 3.14. The molecule has 0 atom stereocenters. The molecule has 1 aromatic carbocycles. The van der Waals surface area contributed by atoms with Crippen molar-refractivity contribution < 1.29 is 9.32 Å². The number of nitrogens with zero attached hydrogens (tertiary/aromatic N) is 3. The van der Waals surface area contributed by atoms with Gasteiger partial charge >= 0.3 is 0 Å². The monoisotopic (exact) mass is 355 g/mol. The fourth-order valence-electron chi connectivity index (χ4n) is 2.37. The molecule has 0 unspecified atom stereocenters. The Morgan fingerprint density at radius 3 is 2.92 bits per heavy atom. The molecule has 24 heavy (non-hydrogen) atoms. The molecule has 0 aliphatic heterocycles. The lowest BCUT2D eigenvalue weighted by molar-refractivity contribution is 0.0775. The molecule has 0 bridgehead atoms. The third-order valence-electron chi connectivity index (χ3n) is 3.55. The maximum Gasteiger partial charge on any atom is 0.276 e. The Labute approximate surface area is 146 Å². The number of carbonyl (C=O) groups excluding carboxylic acids is 1. The second-order valence-electron chi connectivity index (χ2n) is 5.29. The minimum atomic E-state index is -0.180. The molecule has 0 spiro atoms. The van der Waals surface area contributed by atoms with Gasteiger partial charge in [0.1, 0.15) is 5.01 Å². The summed E-state index contributed by atoms with van der Waals surface area (Å²) in [7, 11) is 1.74. The largest absolute Gasteiger partial charge is 0.355 e. The zero-order valence-corrected chi connectivity index (χ0v) is 14.4. The molecule has 0 aliphatic carbocycles. The van der Waals surface area contributed by atoms with Gasteiger partial charge in [-0.1, -0.05) is 23.4 Å². The SMILES string of the molecule is CN(Cc1nc2ccccc2s1)C(=O)c1cc(-c2cccs2)on1. The third-order valence-corrected chi connectivity index (χ3v) is 5.46. The lowest BCUT2D eigenvalue weighted by atomic mass is 10.3. The summed E-state index contributed by atoms with van der Waals surface area (Å²) in [6, 6.07) is 13.5. The van der Waals surface area contributed by atoms with Crippen LogP contribution in [0.25, 0.3) is 20.9 Å². The van der Waals surface area contributed by atoms with Crippen LogP contribution in [0.15, 0.2) is 52.4 Å². The summed E-state index contributed by atoms with van der Waals surface area (Å²) < 4.78 is 6.40. The number of aromatic nitrogens is 2. The highest BCUT2D eigenvalue weighted by atomic mass is 32.1. The van der Waals surface area contributed by atoms with E-state index < -0.39 is 0 Å². The van der Waals surface area contributed by atoms with Crippen molar-refractivity contribution in [2.75, 3.05) is 7.05 Å². The van der Waals surface area contributed by atoms with Crippen LogP contribution in [0.4, 0.5) is 0 Å². The first-order chi connectivity index (χ1) is 11.7. The van der Waals surface area contributed by atoms with Crippen LogP contribution in [0.3, 0.4) is 0 Å². The van der Waals surface area contributed by atoms with Crippen molar-refractivity contribution in [1.29, 1.82) is 0 Å². The van der Waals surface area contributed by atoms with E-state index >= 15 is 0 Å². The van der Waals surface area contributed by atoms with Crippen LogP contribution in [-0.2, 0) is 6.54 Å². The second kappa shape index (κ2) is 6.18. The number of hydrogen-bond acceptors (Lipinski definition) is 6. The van der Waals surface area contributed by atoms with Gasteiger partial charge in [-0.05, 0) is 23.6 Å². The van der Waals surface area contributed by atoms with E-state index in [-0.39, 0.29) is 5.91 Å². The smallest absolute Gasteiger partial charge is 0.276 e. The Morgan fingerprint density at radius 2 is 2.12 bits per heavy atom. The van der Waals surface area contributed by atoms with Crippen molar-refractivity contribution in [2.45, 2.75) is 6.54 Å². The van der Waals surface area contributed by atoms with Gasteiger partial charge in [0.2, 0.25) is 0 Å². The van der Waals surface area contributed by atoms with E-state index in [9.17, 15) is 4.79 Å². The van der Waals surface area contributed by atoms with Crippen molar-refractivity contribution in [3.63, 3.8) is 0 Å². The van der Waals surface area contributed by atoms with Crippen molar-refractivity contribution in [3.8, 4) is 10.6 Å². The quantitative estimate of drug-likeness (QED) is 0.548. The molecule has 5 nitrogen and oxygen atoms in total. The highest BCUT2D eigenvalue weighted by Crippen LogP contribution is 2.26. The lowest BCUT2D eigenvalue weighted by Gasteiger charge is -2.13. The second-order valence-corrected chi connectivity index (χ2v) is 7.35. The summed E-state index contributed by atoms with van der Waals surface area (Å²) in [6.07, 6.45) is 0. The molecule has 4 rings (SSSR count). The number of rotatable bonds is 4. The number of carbonyl (C=O) groups is 1. The van der Waals surface area contributed by atoms with Crippen molar-refractivity contribution >= 4 is 38.8 Å². The molecular weight excluding hydrogens is 342 g/mol. The van der Waals surface area contributed by atoms with Crippen LogP contribution in [-0.4, -0.2) is 28.0 Å². The van der Waals surface area contributed by atoms with Crippen molar-refractivity contribution in [1.82, 2.24) is 15.0 Å². The van der Waals surface area contributed by atoms with E-state index in [0.29, 0.717) is 18.0 Å². The number of hydrogen-bond donors (Lipinski definition) is 0. The third kappa shape index (κ3) is 2.83. The highest BCUT2D eigenvalue weighted by Gasteiger charge is 2.19. The molecule has 3 aromatic heterocycles. The molecule has 0 saturated heterocycles. The van der Waals surface area contributed by atoms with Gasteiger partial charge in [0.15, 0.2) is 11.5 Å². The van der Waals surface area contributed by atoms with Gasteiger partial charge in [-0.2, -0.15) is 0 Å². The molecule has 0 fully saturated rings. The topological polar surface area (TPSA) is 59.2 Å². The Morgan fingerprint density at radius 1 is 1.25 bits per heavy atom. The Kier molecular flexibility index (Phi) is 3.87. The number of thiophene rings is 1. The summed E-state index contributed by atoms with van der Waals surface area (Å²) in [5, 5.41) is 6.76. The maximum atomic E-state index is 12.5.